The van der Waals surface area contributed by atoms with Gasteiger partial charge in [0.2, 0.25) is 17.7 Å². The summed E-state index contributed by atoms with van der Waals surface area (Å²) in [4.78, 5) is 55.0. The lowest BCUT2D eigenvalue weighted by Gasteiger charge is -2.30. The first-order valence-electron chi connectivity index (χ1n) is 12.9. The van der Waals surface area contributed by atoms with Crippen molar-refractivity contribution in [1.82, 2.24) is 4.57 Å². The van der Waals surface area contributed by atoms with E-state index >= 15 is 0 Å². The third-order valence-corrected chi connectivity index (χ3v) is 9.91. The number of thioether (sulfide) groups is 1. The number of nitrogens with one attached hydrogen (secondary N) is 1. The van der Waals surface area contributed by atoms with Crippen molar-refractivity contribution in [3.05, 3.63) is 110 Å². The number of para-hydroxylation sites is 1. The number of alkyl halides is 3. The Hall–Kier alpha value is -4.16. The van der Waals surface area contributed by atoms with Gasteiger partial charge in [0.1, 0.15) is 11.8 Å². The summed E-state index contributed by atoms with van der Waals surface area (Å²) in [6.45, 7) is 1.33. The van der Waals surface area contributed by atoms with Crippen molar-refractivity contribution in [3.8, 4) is 0 Å². The molecule has 3 amide bonds. The van der Waals surface area contributed by atoms with Crippen LogP contribution in [-0.2, 0) is 27.1 Å². The molecule has 4 aromatic rings. The highest BCUT2D eigenvalue weighted by atomic mass is 32.2. The number of nitrogens with zero attached hydrogens (tertiary/aromatic N) is 2. The van der Waals surface area contributed by atoms with Crippen LogP contribution in [0.5, 0.6) is 0 Å². The molecule has 2 aliphatic heterocycles. The lowest BCUT2D eigenvalue weighted by Crippen LogP contribution is -2.33. The Morgan fingerprint density at radius 3 is 2.26 bits per heavy atom. The van der Waals surface area contributed by atoms with Gasteiger partial charge in [-0.1, -0.05) is 83.3 Å². The van der Waals surface area contributed by atoms with Crippen LogP contribution in [0.3, 0.4) is 0 Å². The number of benzene rings is 3. The number of aryl methyl sites for hydroxylation is 1. The van der Waals surface area contributed by atoms with Gasteiger partial charge in [-0.2, -0.15) is 13.2 Å². The maximum Gasteiger partial charge on any atom is 0.418 e. The van der Waals surface area contributed by atoms with Crippen LogP contribution >= 0.6 is 23.1 Å². The molecule has 12 heteroatoms. The predicted molar refractivity (Wildman–Crippen MR) is 154 cm³/mol. The summed E-state index contributed by atoms with van der Waals surface area (Å²) < 4.78 is 41.6. The number of hydrogen-bond donors (Lipinski definition) is 1. The Morgan fingerprint density at radius 2 is 1.57 bits per heavy atom. The molecule has 1 fully saturated rings. The van der Waals surface area contributed by atoms with E-state index in [1.54, 1.807) is 24.3 Å². The van der Waals surface area contributed by atoms with Crippen LogP contribution in [0, 0.1) is 12.8 Å². The summed E-state index contributed by atoms with van der Waals surface area (Å²) in [6, 6.07) is 20.7. The minimum Gasteiger partial charge on any atom is -0.324 e. The van der Waals surface area contributed by atoms with Gasteiger partial charge in [-0.05, 0) is 36.8 Å². The van der Waals surface area contributed by atoms with Crippen LogP contribution in [0.1, 0.15) is 27.5 Å². The van der Waals surface area contributed by atoms with Gasteiger partial charge < -0.3 is 5.32 Å². The van der Waals surface area contributed by atoms with Crippen molar-refractivity contribution >= 4 is 52.2 Å². The fraction of sp³-hybridized carbons (Fsp3) is 0.200. The lowest BCUT2D eigenvalue weighted by atomic mass is 9.83. The van der Waals surface area contributed by atoms with Crippen LogP contribution in [0.15, 0.2) is 88.7 Å². The molecule has 1 aromatic heterocycles. The highest BCUT2D eigenvalue weighted by Crippen LogP contribution is 2.53. The third-order valence-electron chi connectivity index (χ3n) is 7.31. The Kier molecular flexibility index (Phi) is 7.06. The van der Waals surface area contributed by atoms with Crippen molar-refractivity contribution < 1.29 is 27.6 Å². The van der Waals surface area contributed by atoms with Gasteiger partial charge in [-0.25, -0.2) is 4.90 Å². The number of aromatic nitrogens is 1. The normalized spacial score (nSPS) is 19.9. The molecule has 3 aromatic carbocycles. The minimum atomic E-state index is -4.69. The molecule has 2 unspecified atom stereocenters. The van der Waals surface area contributed by atoms with Crippen molar-refractivity contribution in [1.29, 1.82) is 0 Å². The molecule has 0 radical (unpaired) electrons. The van der Waals surface area contributed by atoms with Crippen LogP contribution in [0.25, 0.3) is 0 Å². The number of carbonyl (C=O) groups excluding carboxylic acids is 3. The van der Waals surface area contributed by atoms with Gasteiger partial charge in [0.15, 0.2) is 0 Å². The molecule has 1 N–H and O–H groups in total. The van der Waals surface area contributed by atoms with Gasteiger partial charge in [-0.3, -0.25) is 23.7 Å². The van der Waals surface area contributed by atoms with E-state index in [0.29, 0.717) is 15.6 Å². The first-order valence-corrected chi connectivity index (χ1v) is 14.6. The van der Waals surface area contributed by atoms with E-state index in [1.807, 2.05) is 37.3 Å². The second kappa shape index (κ2) is 10.6. The SMILES string of the molecule is Cc1ccc(N2C(=O)C3Sc4c(sc(=O)n4CC(=O)Nc4ccccc4C(F)(F)F)[C@H](c4ccccc4)C3C2=O)cc1. The molecule has 0 bridgehead atoms. The van der Waals surface area contributed by atoms with E-state index < -0.39 is 57.7 Å². The van der Waals surface area contributed by atoms with Crippen LogP contribution < -0.4 is 15.1 Å². The smallest absolute Gasteiger partial charge is 0.324 e. The van der Waals surface area contributed by atoms with Crippen LogP contribution in [0.4, 0.5) is 24.5 Å². The summed E-state index contributed by atoms with van der Waals surface area (Å²) >= 11 is 1.92. The fourth-order valence-corrected chi connectivity index (χ4v) is 8.17. The van der Waals surface area contributed by atoms with E-state index in [1.165, 1.54) is 21.6 Å². The van der Waals surface area contributed by atoms with E-state index in [4.69, 9.17) is 0 Å². The van der Waals surface area contributed by atoms with Gasteiger partial charge in [0.25, 0.3) is 0 Å². The van der Waals surface area contributed by atoms with Crippen molar-refractivity contribution in [3.63, 3.8) is 0 Å². The maximum absolute atomic E-state index is 13.9. The van der Waals surface area contributed by atoms with Gasteiger partial charge in [-0.15, -0.1) is 0 Å². The van der Waals surface area contributed by atoms with E-state index in [2.05, 4.69) is 5.32 Å². The number of carbonyl (C=O) groups is 3. The van der Waals surface area contributed by atoms with E-state index in [9.17, 15) is 32.3 Å². The third kappa shape index (κ3) is 4.84. The number of amides is 3. The summed E-state index contributed by atoms with van der Waals surface area (Å²) in [5.74, 6) is -3.07. The Labute approximate surface area is 246 Å². The number of imide groups is 1. The zero-order valence-corrected chi connectivity index (χ0v) is 23.6. The van der Waals surface area contributed by atoms with Crippen molar-refractivity contribution in [2.75, 3.05) is 10.2 Å². The summed E-state index contributed by atoms with van der Waals surface area (Å²) in [6.07, 6.45) is -4.69. The highest BCUT2D eigenvalue weighted by molar-refractivity contribution is 8.00. The molecule has 42 heavy (non-hydrogen) atoms. The topological polar surface area (TPSA) is 88.5 Å². The minimum absolute atomic E-state index is 0.353. The molecule has 7 nitrogen and oxygen atoms in total. The average Bonchev–Trinajstić information content (AvgIpc) is 3.40. The largest absolute Gasteiger partial charge is 0.418 e. The number of fused-ring (bicyclic) bond motifs is 2. The maximum atomic E-state index is 13.9. The number of hydrogen-bond acceptors (Lipinski definition) is 6. The van der Waals surface area contributed by atoms with Crippen molar-refractivity contribution in [2.45, 2.75) is 35.8 Å². The number of anilines is 2. The number of thiazole rings is 1. The van der Waals surface area contributed by atoms with E-state index in [0.717, 1.165) is 46.4 Å². The zero-order valence-electron chi connectivity index (χ0n) is 21.9. The molecule has 0 saturated carbocycles. The molecule has 0 aliphatic carbocycles. The predicted octanol–water partition coefficient (Wildman–Crippen LogP) is 5.67. The first-order chi connectivity index (χ1) is 20.0. The molecule has 2 aliphatic rings. The molecule has 1 saturated heterocycles. The lowest BCUT2D eigenvalue weighted by molar-refractivity contribution is -0.137. The summed E-state index contributed by atoms with van der Waals surface area (Å²) in [5.41, 5.74) is 0.714. The Bertz CT molecular complexity index is 1770. The van der Waals surface area contributed by atoms with Crippen molar-refractivity contribution in [2.24, 2.45) is 5.92 Å². The van der Waals surface area contributed by atoms with E-state index in [-0.39, 0.29) is 5.91 Å². The number of rotatable bonds is 5. The van der Waals surface area contributed by atoms with Gasteiger partial charge in [0.05, 0.1) is 27.9 Å². The second-order valence-electron chi connectivity index (χ2n) is 10.0. The molecule has 214 valence electrons. The summed E-state index contributed by atoms with van der Waals surface area (Å²) in [5, 5.41) is 1.76. The second-order valence-corrected chi connectivity index (χ2v) is 12.1. The molecule has 0 spiro atoms. The quantitative estimate of drug-likeness (QED) is 0.295. The van der Waals surface area contributed by atoms with Crippen LogP contribution in [0.2, 0.25) is 0 Å². The zero-order chi connectivity index (χ0) is 29.8. The van der Waals surface area contributed by atoms with Gasteiger partial charge in [0, 0.05) is 10.8 Å². The first kappa shape index (κ1) is 28.0. The van der Waals surface area contributed by atoms with Crippen LogP contribution in [-0.4, -0.2) is 27.5 Å². The molecular formula is C30H22F3N3O4S2. The number of halogens is 3. The van der Waals surface area contributed by atoms with Gasteiger partial charge >= 0.3 is 11.0 Å². The standard InChI is InChI=1S/C30H22F3N3O4S2/c1-16-11-13-18(14-12-16)36-26(38)23-22(17-7-3-2-4-8-17)25-28(41-24(23)27(36)39)35(29(40)42-25)15-21(37)34-20-10-6-5-9-19(20)30(31,32)33/h2-14,22-24H,15H2,1H3,(H,34,37)/t22-,23?,24?/m1/s1. The molecule has 3 heterocycles. The fourth-order valence-electron chi connectivity index (χ4n) is 5.40. The molecule has 3 atom stereocenters. The molecular weight excluding hydrogens is 587 g/mol. The highest BCUT2D eigenvalue weighted by Gasteiger charge is 2.56. The monoisotopic (exact) mass is 609 g/mol. The Balaban J connectivity index is 1.38. The summed E-state index contributed by atoms with van der Waals surface area (Å²) in [7, 11) is 0. The Morgan fingerprint density at radius 1 is 0.905 bits per heavy atom. The average molecular weight is 610 g/mol. The molecule has 6 rings (SSSR count).